The summed E-state index contributed by atoms with van der Waals surface area (Å²) in [4.78, 5) is 9.00. The first-order valence-corrected chi connectivity index (χ1v) is 10.5. The minimum atomic E-state index is -4.76. The fourth-order valence-corrected chi connectivity index (χ4v) is 2.98. The molecule has 2 N–H and O–H groups in total. The van der Waals surface area contributed by atoms with Crippen molar-refractivity contribution in [1.82, 2.24) is 9.97 Å². The minimum absolute atomic E-state index is 0.134. The monoisotopic (exact) mass is 494 g/mol. The smallest absolute Gasteiger partial charge is 0.406 e. The fourth-order valence-electron chi connectivity index (χ4n) is 2.72. The van der Waals surface area contributed by atoms with Crippen molar-refractivity contribution in [2.75, 3.05) is 10.6 Å². The third-order valence-corrected chi connectivity index (χ3v) is 4.99. The number of alkyl halides is 3. The fraction of sp³-hybridized carbons (Fsp3) is 0.273. The zero-order valence-electron chi connectivity index (χ0n) is 17.0. The SMILES string of the molecule is CC[C@H](C)Nc1nc(NCc2ccc(Br)cc2)cc(-c2cccc(OC(F)(F)F)c2)n1. The van der Waals surface area contributed by atoms with Gasteiger partial charge in [-0.2, -0.15) is 4.98 Å². The van der Waals surface area contributed by atoms with Crippen LogP contribution in [-0.4, -0.2) is 22.4 Å². The molecule has 1 atom stereocenters. The van der Waals surface area contributed by atoms with E-state index in [9.17, 15) is 13.2 Å². The van der Waals surface area contributed by atoms with Gasteiger partial charge in [-0.25, -0.2) is 4.98 Å². The predicted octanol–water partition coefficient (Wildman–Crippen LogP) is 6.63. The van der Waals surface area contributed by atoms with Crippen LogP contribution in [0.25, 0.3) is 11.3 Å². The van der Waals surface area contributed by atoms with E-state index in [1.807, 2.05) is 38.1 Å². The largest absolute Gasteiger partial charge is 0.573 e. The molecule has 1 heterocycles. The van der Waals surface area contributed by atoms with E-state index >= 15 is 0 Å². The highest BCUT2D eigenvalue weighted by Crippen LogP contribution is 2.29. The molecule has 0 aliphatic heterocycles. The van der Waals surface area contributed by atoms with Gasteiger partial charge in [0.25, 0.3) is 0 Å². The molecule has 3 rings (SSSR count). The van der Waals surface area contributed by atoms with E-state index in [1.54, 1.807) is 12.1 Å². The highest BCUT2D eigenvalue weighted by molar-refractivity contribution is 9.10. The van der Waals surface area contributed by atoms with Gasteiger partial charge in [-0.15, -0.1) is 13.2 Å². The Kier molecular flexibility index (Phi) is 7.37. The van der Waals surface area contributed by atoms with E-state index in [2.05, 4.69) is 41.3 Å². The van der Waals surface area contributed by atoms with Crippen molar-refractivity contribution < 1.29 is 17.9 Å². The van der Waals surface area contributed by atoms with Gasteiger partial charge in [0.05, 0.1) is 5.69 Å². The first kappa shape index (κ1) is 22.9. The van der Waals surface area contributed by atoms with Gasteiger partial charge in [0, 0.05) is 28.7 Å². The minimum Gasteiger partial charge on any atom is -0.406 e. The number of benzene rings is 2. The summed E-state index contributed by atoms with van der Waals surface area (Å²) in [6, 6.07) is 15.4. The number of anilines is 2. The summed E-state index contributed by atoms with van der Waals surface area (Å²) in [6.07, 6.45) is -3.89. The molecule has 0 unspecified atom stereocenters. The lowest BCUT2D eigenvalue weighted by atomic mass is 10.1. The highest BCUT2D eigenvalue weighted by Gasteiger charge is 2.31. The number of hydrogen-bond donors (Lipinski definition) is 2. The van der Waals surface area contributed by atoms with Crippen LogP contribution in [0.1, 0.15) is 25.8 Å². The molecule has 0 aliphatic carbocycles. The Morgan fingerprint density at radius 3 is 2.48 bits per heavy atom. The van der Waals surface area contributed by atoms with Crippen LogP contribution in [0.4, 0.5) is 24.9 Å². The average molecular weight is 495 g/mol. The van der Waals surface area contributed by atoms with Crippen molar-refractivity contribution in [3.63, 3.8) is 0 Å². The van der Waals surface area contributed by atoms with Crippen LogP contribution in [0.3, 0.4) is 0 Å². The van der Waals surface area contributed by atoms with Gasteiger partial charge in [0.2, 0.25) is 5.95 Å². The number of rotatable bonds is 8. The summed E-state index contributed by atoms with van der Waals surface area (Å²) in [5.74, 6) is 0.651. The quantitative estimate of drug-likeness (QED) is 0.368. The summed E-state index contributed by atoms with van der Waals surface area (Å²) in [5, 5.41) is 6.48. The van der Waals surface area contributed by atoms with E-state index in [0.717, 1.165) is 16.5 Å². The van der Waals surface area contributed by atoms with E-state index < -0.39 is 6.36 Å². The molecule has 0 saturated carbocycles. The number of nitrogens with one attached hydrogen (secondary N) is 2. The summed E-state index contributed by atoms with van der Waals surface area (Å²) < 4.78 is 42.8. The molecule has 0 fully saturated rings. The van der Waals surface area contributed by atoms with Crippen LogP contribution in [0.5, 0.6) is 5.75 Å². The first-order chi connectivity index (χ1) is 14.7. The zero-order valence-corrected chi connectivity index (χ0v) is 18.6. The second-order valence-corrected chi connectivity index (χ2v) is 7.89. The maximum Gasteiger partial charge on any atom is 0.573 e. The molecule has 0 amide bonds. The van der Waals surface area contributed by atoms with Crippen LogP contribution in [-0.2, 0) is 6.54 Å². The van der Waals surface area contributed by atoms with Crippen LogP contribution in [0, 0.1) is 0 Å². The molecule has 2 aromatic carbocycles. The van der Waals surface area contributed by atoms with Crippen molar-refractivity contribution in [2.24, 2.45) is 0 Å². The lowest BCUT2D eigenvalue weighted by Gasteiger charge is -2.15. The van der Waals surface area contributed by atoms with Gasteiger partial charge in [0.15, 0.2) is 0 Å². The van der Waals surface area contributed by atoms with Crippen molar-refractivity contribution in [3.05, 3.63) is 64.6 Å². The standard InChI is InChI=1S/C22H22BrF3N4O/c1-3-14(2)28-21-29-19(16-5-4-6-18(11-16)31-22(24,25)26)12-20(30-21)27-13-15-7-9-17(23)10-8-15/h4-12,14H,3,13H2,1-2H3,(H2,27,28,29,30)/t14-/m0/s1. The maximum absolute atomic E-state index is 12.6. The van der Waals surface area contributed by atoms with Crippen LogP contribution in [0.15, 0.2) is 59.1 Å². The summed E-state index contributed by atoms with van der Waals surface area (Å²) in [6.45, 7) is 4.57. The van der Waals surface area contributed by atoms with Crippen molar-refractivity contribution in [2.45, 2.75) is 39.2 Å². The Balaban J connectivity index is 1.89. The highest BCUT2D eigenvalue weighted by atomic mass is 79.9. The average Bonchev–Trinajstić information content (AvgIpc) is 2.72. The Morgan fingerprint density at radius 1 is 1.06 bits per heavy atom. The Labute approximate surface area is 187 Å². The lowest BCUT2D eigenvalue weighted by Crippen LogP contribution is -2.17. The predicted molar refractivity (Wildman–Crippen MR) is 119 cm³/mol. The molecule has 1 aromatic heterocycles. The number of nitrogens with zero attached hydrogens (tertiary/aromatic N) is 2. The molecule has 164 valence electrons. The van der Waals surface area contributed by atoms with Gasteiger partial charge < -0.3 is 15.4 Å². The number of aromatic nitrogens is 2. The van der Waals surface area contributed by atoms with Crippen LogP contribution >= 0.6 is 15.9 Å². The van der Waals surface area contributed by atoms with Crippen molar-refractivity contribution in [3.8, 4) is 17.0 Å². The third-order valence-electron chi connectivity index (χ3n) is 4.46. The molecule has 31 heavy (non-hydrogen) atoms. The first-order valence-electron chi connectivity index (χ1n) is 9.72. The molecule has 0 spiro atoms. The van der Waals surface area contributed by atoms with Crippen LogP contribution in [0.2, 0.25) is 0 Å². The lowest BCUT2D eigenvalue weighted by molar-refractivity contribution is -0.274. The maximum atomic E-state index is 12.6. The Morgan fingerprint density at radius 2 is 1.81 bits per heavy atom. The second kappa shape index (κ2) is 10.00. The third kappa shape index (κ3) is 7.13. The number of ether oxygens (including phenoxy) is 1. The molecule has 5 nitrogen and oxygen atoms in total. The zero-order chi connectivity index (χ0) is 22.4. The van der Waals surface area contributed by atoms with Gasteiger partial charge in [-0.1, -0.05) is 47.1 Å². The van der Waals surface area contributed by atoms with Crippen LogP contribution < -0.4 is 15.4 Å². The number of hydrogen-bond acceptors (Lipinski definition) is 5. The normalized spacial score (nSPS) is 12.3. The second-order valence-electron chi connectivity index (χ2n) is 6.97. The number of halogens is 4. The Bertz CT molecular complexity index is 1010. The van der Waals surface area contributed by atoms with Gasteiger partial charge in [-0.3, -0.25) is 0 Å². The molecule has 3 aromatic rings. The van der Waals surface area contributed by atoms with Gasteiger partial charge in [0.1, 0.15) is 11.6 Å². The van der Waals surface area contributed by atoms with Gasteiger partial charge in [-0.05, 0) is 43.2 Å². The van der Waals surface area contributed by atoms with E-state index in [4.69, 9.17) is 0 Å². The van der Waals surface area contributed by atoms with Crippen molar-refractivity contribution in [1.29, 1.82) is 0 Å². The molecule has 0 bridgehead atoms. The molecule has 0 radical (unpaired) electrons. The van der Waals surface area contributed by atoms with E-state index in [1.165, 1.54) is 18.2 Å². The summed E-state index contributed by atoms with van der Waals surface area (Å²) in [7, 11) is 0. The van der Waals surface area contributed by atoms with E-state index in [0.29, 0.717) is 29.6 Å². The van der Waals surface area contributed by atoms with E-state index in [-0.39, 0.29) is 11.8 Å². The van der Waals surface area contributed by atoms with Crippen molar-refractivity contribution >= 4 is 27.7 Å². The Hall–Kier alpha value is -2.81. The molecule has 0 aliphatic rings. The summed E-state index contributed by atoms with van der Waals surface area (Å²) >= 11 is 3.41. The topological polar surface area (TPSA) is 59.1 Å². The molecule has 0 saturated heterocycles. The molecular weight excluding hydrogens is 473 g/mol. The van der Waals surface area contributed by atoms with Gasteiger partial charge >= 0.3 is 6.36 Å². The molecular formula is C22H22BrF3N4O. The summed E-state index contributed by atoms with van der Waals surface area (Å²) in [5.41, 5.74) is 2.02. The molecule has 9 heteroatoms.